The first kappa shape index (κ1) is 11.7. The molecule has 1 aliphatic heterocycles. The van der Waals surface area contributed by atoms with E-state index in [1.165, 1.54) is 0 Å². The number of carbonyl (C=O) groups excluding carboxylic acids is 1. The van der Waals surface area contributed by atoms with Gasteiger partial charge in [-0.1, -0.05) is 0 Å². The lowest BCUT2D eigenvalue weighted by Crippen LogP contribution is -2.07. The van der Waals surface area contributed by atoms with Crippen LogP contribution in [0.1, 0.15) is 17.2 Å². The van der Waals surface area contributed by atoms with Crippen molar-refractivity contribution in [3.63, 3.8) is 0 Å². The van der Waals surface area contributed by atoms with Gasteiger partial charge in [-0.05, 0) is 30.7 Å². The van der Waals surface area contributed by atoms with Gasteiger partial charge < -0.3 is 11.1 Å². The lowest BCUT2D eigenvalue weighted by molar-refractivity contribution is -0.115. The van der Waals surface area contributed by atoms with E-state index < -0.39 is 0 Å². The molecule has 3 N–H and O–H groups in total. The van der Waals surface area contributed by atoms with Crippen LogP contribution in [0.15, 0.2) is 18.2 Å². The van der Waals surface area contributed by atoms with Gasteiger partial charge in [0.05, 0.1) is 13.0 Å². The zero-order chi connectivity index (χ0) is 13.4. The largest absolute Gasteiger partial charge is 0.326 e. The molecule has 6 heteroatoms. The van der Waals surface area contributed by atoms with E-state index in [9.17, 15) is 4.79 Å². The molecule has 1 aromatic heterocycles. The van der Waals surface area contributed by atoms with E-state index >= 15 is 0 Å². The Labute approximate surface area is 110 Å². The van der Waals surface area contributed by atoms with Crippen LogP contribution in [0.2, 0.25) is 0 Å². The maximum absolute atomic E-state index is 11.3. The second-order valence-corrected chi connectivity index (χ2v) is 4.42. The van der Waals surface area contributed by atoms with Crippen LogP contribution in [0, 0.1) is 6.92 Å². The first-order valence-electron chi connectivity index (χ1n) is 6.00. The van der Waals surface area contributed by atoms with E-state index in [1.807, 2.05) is 25.1 Å². The molecule has 6 nitrogen and oxygen atoms in total. The molecule has 0 aliphatic carbocycles. The van der Waals surface area contributed by atoms with Gasteiger partial charge in [0, 0.05) is 11.3 Å². The Balaban J connectivity index is 2.06. The highest BCUT2D eigenvalue weighted by Gasteiger charge is 2.18. The molecule has 0 saturated carbocycles. The average molecular weight is 255 g/mol. The maximum Gasteiger partial charge on any atom is 0.228 e. The number of anilines is 1. The number of carbonyl (C=O) groups is 1. The van der Waals surface area contributed by atoms with Gasteiger partial charge >= 0.3 is 0 Å². The topological polar surface area (TPSA) is 93.8 Å². The third kappa shape index (κ3) is 2.17. The third-order valence-corrected chi connectivity index (χ3v) is 2.96. The van der Waals surface area contributed by atoms with Crippen LogP contribution in [0.4, 0.5) is 5.69 Å². The van der Waals surface area contributed by atoms with E-state index in [1.54, 1.807) is 0 Å². The summed E-state index contributed by atoms with van der Waals surface area (Å²) in [5.41, 5.74) is 8.26. The van der Waals surface area contributed by atoms with E-state index in [0.29, 0.717) is 23.9 Å². The van der Waals surface area contributed by atoms with Gasteiger partial charge in [0.2, 0.25) is 5.91 Å². The molecule has 3 rings (SSSR count). The maximum atomic E-state index is 11.3. The number of aromatic nitrogens is 3. The van der Waals surface area contributed by atoms with Crippen LogP contribution in [-0.4, -0.2) is 20.9 Å². The summed E-state index contributed by atoms with van der Waals surface area (Å²) < 4.78 is 0. The summed E-state index contributed by atoms with van der Waals surface area (Å²) >= 11 is 0. The predicted octanol–water partition coefficient (Wildman–Crippen LogP) is 0.800. The molecule has 0 spiro atoms. The average Bonchev–Trinajstić information content (AvgIpc) is 2.76. The zero-order valence-corrected chi connectivity index (χ0v) is 10.5. The smallest absolute Gasteiger partial charge is 0.228 e. The molecule has 96 valence electrons. The van der Waals surface area contributed by atoms with Crippen LogP contribution in [0.5, 0.6) is 0 Å². The van der Waals surface area contributed by atoms with Gasteiger partial charge in [0.25, 0.3) is 0 Å². The highest BCUT2D eigenvalue weighted by atomic mass is 16.1. The van der Waals surface area contributed by atoms with Crippen molar-refractivity contribution in [2.45, 2.75) is 19.9 Å². The molecule has 2 aromatic rings. The second-order valence-electron chi connectivity index (χ2n) is 4.42. The fourth-order valence-corrected chi connectivity index (χ4v) is 2.13. The Morgan fingerprint density at radius 2 is 2.16 bits per heavy atom. The van der Waals surface area contributed by atoms with Crippen LogP contribution in [0.25, 0.3) is 11.4 Å². The van der Waals surface area contributed by atoms with Crippen molar-refractivity contribution in [3.05, 3.63) is 35.4 Å². The molecule has 0 fully saturated rings. The minimum Gasteiger partial charge on any atom is -0.326 e. The second kappa shape index (κ2) is 4.40. The SMILES string of the molecule is Cc1nc(CN)nc(-c2ccc3c(c2)CC(=O)N3)n1. The zero-order valence-electron chi connectivity index (χ0n) is 10.5. The van der Waals surface area contributed by atoms with Crippen LogP contribution >= 0.6 is 0 Å². The van der Waals surface area contributed by atoms with Crippen molar-refractivity contribution in [1.29, 1.82) is 0 Å². The third-order valence-electron chi connectivity index (χ3n) is 2.96. The Morgan fingerprint density at radius 1 is 1.32 bits per heavy atom. The first-order chi connectivity index (χ1) is 9.15. The monoisotopic (exact) mass is 255 g/mol. The minimum absolute atomic E-state index is 0.0154. The summed E-state index contributed by atoms with van der Waals surface area (Å²) in [5.74, 6) is 1.81. The minimum atomic E-state index is 0.0154. The van der Waals surface area contributed by atoms with Crippen molar-refractivity contribution < 1.29 is 4.79 Å². The molecule has 1 aliphatic rings. The van der Waals surface area contributed by atoms with E-state index in [0.717, 1.165) is 16.8 Å². The summed E-state index contributed by atoms with van der Waals surface area (Å²) in [7, 11) is 0. The lowest BCUT2D eigenvalue weighted by Gasteiger charge is -2.05. The summed E-state index contributed by atoms with van der Waals surface area (Å²) in [4.78, 5) is 24.1. The number of hydrogen-bond donors (Lipinski definition) is 2. The highest BCUT2D eigenvalue weighted by Crippen LogP contribution is 2.27. The fourth-order valence-electron chi connectivity index (χ4n) is 2.13. The molecule has 0 atom stereocenters. The van der Waals surface area contributed by atoms with Crippen molar-refractivity contribution in [3.8, 4) is 11.4 Å². The number of amides is 1. The first-order valence-corrected chi connectivity index (χ1v) is 6.00. The molecular weight excluding hydrogens is 242 g/mol. The number of fused-ring (bicyclic) bond motifs is 1. The number of nitrogens with two attached hydrogens (primary N) is 1. The fraction of sp³-hybridized carbons (Fsp3) is 0.231. The molecule has 0 radical (unpaired) electrons. The number of nitrogens with one attached hydrogen (secondary N) is 1. The number of rotatable bonds is 2. The number of nitrogens with zero attached hydrogens (tertiary/aromatic N) is 3. The quantitative estimate of drug-likeness (QED) is 0.827. The standard InChI is InChI=1S/C13H13N5O/c1-7-15-11(6-14)18-13(16-7)8-2-3-10-9(4-8)5-12(19)17-10/h2-4H,5-6,14H2,1H3,(H,17,19). The Kier molecular flexibility index (Phi) is 2.72. The summed E-state index contributed by atoms with van der Waals surface area (Å²) in [5, 5.41) is 2.80. The number of hydrogen-bond acceptors (Lipinski definition) is 5. The molecule has 19 heavy (non-hydrogen) atoms. The van der Waals surface area contributed by atoms with Crippen LogP contribution in [-0.2, 0) is 17.8 Å². The number of aryl methyl sites for hydroxylation is 1. The molecule has 1 aromatic carbocycles. The van der Waals surface area contributed by atoms with Crippen molar-refractivity contribution in [2.24, 2.45) is 5.73 Å². The summed E-state index contributed by atoms with van der Waals surface area (Å²) in [6, 6.07) is 5.69. The predicted molar refractivity (Wildman–Crippen MR) is 70.2 cm³/mol. The molecular formula is C13H13N5O. The van der Waals surface area contributed by atoms with E-state index in [4.69, 9.17) is 5.73 Å². The molecule has 0 unspecified atom stereocenters. The summed E-state index contributed by atoms with van der Waals surface area (Å²) in [6.45, 7) is 2.09. The van der Waals surface area contributed by atoms with Gasteiger partial charge in [0.15, 0.2) is 5.82 Å². The van der Waals surface area contributed by atoms with Crippen molar-refractivity contribution in [1.82, 2.24) is 15.0 Å². The van der Waals surface area contributed by atoms with Gasteiger partial charge in [-0.3, -0.25) is 4.79 Å². The van der Waals surface area contributed by atoms with Gasteiger partial charge in [0.1, 0.15) is 11.6 Å². The summed E-state index contributed by atoms with van der Waals surface area (Å²) in [6.07, 6.45) is 0.400. The van der Waals surface area contributed by atoms with Crippen LogP contribution < -0.4 is 11.1 Å². The normalized spacial score (nSPS) is 13.3. The Hall–Kier alpha value is -2.34. The van der Waals surface area contributed by atoms with E-state index in [-0.39, 0.29) is 12.5 Å². The van der Waals surface area contributed by atoms with Crippen molar-refractivity contribution >= 4 is 11.6 Å². The molecule has 0 bridgehead atoms. The Morgan fingerprint density at radius 3 is 2.95 bits per heavy atom. The Bertz CT molecular complexity index is 668. The number of benzene rings is 1. The molecule has 0 saturated heterocycles. The van der Waals surface area contributed by atoms with Crippen molar-refractivity contribution in [2.75, 3.05) is 5.32 Å². The lowest BCUT2D eigenvalue weighted by atomic mass is 10.1. The highest BCUT2D eigenvalue weighted by molar-refractivity contribution is 5.99. The van der Waals surface area contributed by atoms with Crippen LogP contribution in [0.3, 0.4) is 0 Å². The van der Waals surface area contributed by atoms with Gasteiger partial charge in [-0.15, -0.1) is 0 Å². The molecule has 1 amide bonds. The van der Waals surface area contributed by atoms with E-state index in [2.05, 4.69) is 20.3 Å². The molecule has 2 heterocycles. The van der Waals surface area contributed by atoms with Gasteiger partial charge in [-0.2, -0.15) is 0 Å². The van der Waals surface area contributed by atoms with Gasteiger partial charge in [-0.25, -0.2) is 15.0 Å².